The van der Waals surface area contributed by atoms with E-state index in [1.807, 2.05) is 24.3 Å². The molecule has 0 spiro atoms. The maximum absolute atomic E-state index is 9.49. The van der Waals surface area contributed by atoms with Gasteiger partial charge in [-0.15, -0.1) is 0 Å². The second-order valence-corrected chi connectivity index (χ2v) is 5.63. The first-order valence-corrected chi connectivity index (χ1v) is 7.67. The minimum absolute atomic E-state index is 0.169. The molecule has 106 valence electrons. The molecule has 0 bridgehead atoms. The second-order valence-electron chi connectivity index (χ2n) is 4.85. The van der Waals surface area contributed by atoms with Crippen molar-refractivity contribution in [2.45, 2.75) is 5.92 Å². The van der Waals surface area contributed by atoms with E-state index < -0.39 is 0 Å². The molecule has 1 heterocycles. The van der Waals surface area contributed by atoms with E-state index in [2.05, 4.69) is 29.0 Å². The average molecular weight is 296 g/mol. The van der Waals surface area contributed by atoms with Gasteiger partial charge in [-0.25, -0.2) is 0 Å². The van der Waals surface area contributed by atoms with Gasteiger partial charge < -0.3 is 9.84 Å². The Hall–Kier alpha value is -2.26. The molecule has 0 fully saturated rings. The number of methoxy groups -OCH3 is 1. The van der Waals surface area contributed by atoms with Crippen LogP contribution >= 0.6 is 11.3 Å². The lowest BCUT2D eigenvalue weighted by Gasteiger charge is -2.17. The first kappa shape index (κ1) is 13.7. The summed E-state index contributed by atoms with van der Waals surface area (Å²) in [6, 6.07) is 17.7. The molecule has 3 rings (SSSR count). The topological polar surface area (TPSA) is 29.5 Å². The number of aromatic hydroxyl groups is 1. The zero-order valence-electron chi connectivity index (χ0n) is 11.7. The molecule has 0 aliphatic carbocycles. The molecule has 0 aliphatic rings. The third kappa shape index (κ3) is 2.93. The van der Waals surface area contributed by atoms with E-state index in [0.717, 1.165) is 11.3 Å². The van der Waals surface area contributed by atoms with Gasteiger partial charge in [-0.1, -0.05) is 24.3 Å². The van der Waals surface area contributed by atoms with Crippen LogP contribution in [0.3, 0.4) is 0 Å². The van der Waals surface area contributed by atoms with Crippen molar-refractivity contribution >= 4 is 11.3 Å². The van der Waals surface area contributed by atoms with Crippen molar-refractivity contribution in [3.8, 4) is 11.5 Å². The minimum atomic E-state index is 0.169. The molecule has 0 saturated heterocycles. The number of phenols is 1. The molecule has 0 aliphatic heterocycles. The Bertz CT molecular complexity index is 685. The fourth-order valence-electron chi connectivity index (χ4n) is 2.48. The lowest BCUT2D eigenvalue weighted by Crippen LogP contribution is -2.02. The summed E-state index contributed by atoms with van der Waals surface area (Å²) in [5.41, 5.74) is 3.63. The lowest BCUT2D eigenvalue weighted by molar-refractivity contribution is 0.414. The summed E-state index contributed by atoms with van der Waals surface area (Å²) >= 11 is 1.69. The summed E-state index contributed by atoms with van der Waals surface area (Å²) in [5, 5.41) is 13.8. The van der Waals surface area contributed by atoms with Crippen LogP contribution in [0.25, 0.3) is 0 Å². The van der Waals surface area contributed by atoms with Crippen LogP contribution in [0.2, 0.25) is 0 Å². The van der Waals surface area contributed by atoms with E-state index in [1.54, 1.807) is 30.6 Å². The van der Waals surface area contributed by atoms with Gasteiger partial charge >= 0.3 is 0 Å². The van der Waals surface area contributed by atoms with Crippen molar-refractivity contribution in [2.75, 3.05) is 7.11 Å². The molecule has 3 heteroatoms. The lowest BCUT2D eigenvalue weighted by atomic mass is 9.86. The second kappa shape index (κ2) is 6.02. The quantitative estimate of drug-likeness (QED) is 0.760. The number of hydrogen-bond acceptors (Lipinski definition) is 3. The van der Waals surface area contributed by atoms with Crippen molar-refractivity contribution < 1.29 is 9.84 Å². The monoisotopic (exact) mass is 296 g/mol. The smallest absolute Gasteiger partial charge is 0.118 e. The largest absolute Gasteiger partial charge is 0.508 e. The van der Waals surface area contributed by atoms with Crippen molar-refractivity contribution in [1.29, 1.82) is 0 Å². The van der Waals surface area contributed by atoms with Gasteiger partial charge in [-0.05, 0) is 57.8 Å². The van der Waals surface area contributed by atoms with E-state index in [1.165, 1.54) is 11.1 Å². The summed E-state index contributed by atoms with van der Waals surface area (Å²) in [6.45, 7) is 0. The van der Waals surface area contributed by atoms with Crippen molar-refractivity contribution in [1.82, 2.24) is 0 Å². The molecule has 1 atom stereocenters. The number of benzene rings is 2. The van der Waals surface area contributed by atoms with Crippen LogP contribution in [0.4, 0.5) is 0 Å². The fraction of sp³-hybridized carbons (Fsp3) is 0.111. The summed E-state index contributed by atoms with van der Waals surface area (Å²) < 4.78 is 5.23. The first-order chi connectivity index (χ1) is 10.3. The third-order valence-electron chi connectivity index (χ3n) is 3.55. The van der Waals surface area contributed by atoms with E-state index in [9.17, 15) is 5.11 Å². The summed E-state index contributed by atoms with van der Waals surface area (Å²) in [5.74, 6) is 1.31. The van der Waals surface area contributed by atoms with E-state index in [-0.39, 0.29) is 11.7 Å². The highest BCUT2D eigenvalue weighted by molar-refractivity contribution is 7.08. The van der Waals surface area contributed by atoms with Gasteiger partial charge in [0.2, 0.25) is 0 Å². The van der Waals surface area contributed by atoms with Crippen molar-refractivity contribution in [2.24, 2.45) is 0 Å². The number of hydrogen-bond donors (Lipinski definition) is 1. The van der Waals surface area contributed by atoms with Gasteiger partial charge in [0.15, 0.2) is 0 Å². The SMILES string of the molecule is COc1ccc(C(c2ccc(O)cc2)c2ccsc2)cc1. The molecule has 0 amide bonds. The van der Waals surface area contributed by atoms with Crippen LogP contribution in [0.5, 0.6) is 11.5 Å². The molecule has 1 aromatic heterocycles. The van der Waals surface area contributed by atoms with Gasteiger partial charge in [-0.3, -0.25) is 0 Å². The standard InChI is InChI=1S/C18H16O2S/c1-20-17-8-4-14(5-9-17)18(15-10-11-21-12-15)13-2-6-16(19)7-3-13/h2-12,18-19H,1H3. The predicted molar refractivity (Wildman–Crippen MR) is 86.4 cm³/mol. The Kier molecular flexibility index (Phi) is 3.93. The van der Waals surface area contributed by atoms with E-state index in [4.69, 9.17) is 4.74 Å². The number of thiophene rings is 1. The predicted octanol–water partition coefficient (Wildman–Crippen LogP) is 4.64. The van der Waals surface area contributed by atoms with Crippen LogP contribution in [-0.2, 0) is 0 Å². The molecule has 2 aromatic carbocycles. The number of rotatable bonds is 4. The van der Waals surface area contributed by atoms with Crippen LogP contribution in [0.15, 0.2) is 65.4 Å². The molecular weight excluding hydrogens is 280 g/mol. The van der Waals surface area contributed by atoms with E-state index >= 15 is 0 Å². The first-order valence-electron chi connectivity index (χ1n) is 6.73. The maximum Gasteiger partial charge on any atom is 0.118 e. The molecule has 1 N–H and O–H groups in total. The van der Waals surface area contributed by atoms with E-state index in [0.29, 0.717) is 0 Å². The van der Waals surface area contributed by atoms with Gasteiger partial charge in [0, 0.05) is 5.92 Å². The zero-order chi connectivity index (χ0) is 14.7. The zero-order valence-corrected chi connectivity index (χ0v) is 12.5. The summed E-state index contributed by atoms with van der Waals surface area (Å²) in [7, 11) is 1.67. The Labute approximate surface area is 128 Å². The number of ether oxygens (including phenoxy) is 1. The highest BCUT2D eigenvalue weighted by Crippen LogP contribution is 2.34. The molecular formula is C18H16O2S. The Morgan fingerprint density at radius 3 is 2.00 bits per heavy atom. The van der Waals surface area contributed by atoms with Crippen LogP contribution in [0, 0.1) is 0 Å². The van der Waals surface area contributed by atoms with Gasteiger partial charge in [0.25, 0.3) is 0 Å². The number of phenolic OH excluding ortho intramolecular Hbond substituents is 1. The van der Waals surface area contributed by atoms with Crippen molar-refractivity contribution in [3.05, 3.63) is 82.0 Å². The van der Waals surface area contributed by atoms with Gasteiger partial charge in [0.05, 0.1) is 7.11 Å². The van der Waals surface area contributed by atoms with Gasteiger partial charge in [0.1, 0.15) is 11.5 Å². The Morgan fingerprint density at radius 2 is 1.48 bits per heavy atom. The molecule has 21 heavy (non-hydrogen) atoms. The average Bonchev–Trinajstić information content (AvgIpc) is 3.04. The minimum Gasteiger partial charge on any atom is -0.508 e. The molecule has 3 aromatic rings. The van der Waals surface area contributed by atoms with Crippen molar-refractivity contribution in [3.63, 3.8) is 0 Å². The molecule has 0 saturated carbocycles. The highest BCUT2D eigenvalue weighted by Gasteiger charge is 2.17. The third-order valence-corrected chi connectivity index (χ3v) is 4.25. The molecule has 1 unspecified atom stereocenters. The summed E-state index contributed by atoms with van der Waals surface area (Å²) in [6.07, 6.45) is 0. The molecule has 2 nitrogen and oxygen atoms in total. The highest BCUT2D eigenvalue weighted by atomic mass is 32.1. The fourth-order valence-corrected chi connectivity index (χ4v) is 3.17. The normalized spacial score (nSPS) is 12.0. The maximum atomic E-state index is 9.49. The Balaban J connectivity index is 2.05. The van der Waals surface area contributed by atoms with Crippen LogP contribution in [0.1, 0.15) is 22.6 Å². The van der Waals surface area contributed by atoms with Gasteiger partial charge in [-0.2, -0.15) is 11.3 Å². The summed E-state index contributed by atoms with van der Waals surface area (Å²) in [4.78, 5) is 0. The Morgan fingerprint density at radius 1 is 0.857 bits per heavy atom. The van der Waals surface area contributed by atoms with Crippen LogP contribution in [-0.4, -0.2) is 12.2 Å². The molecule has 0 radical (unpaired) electrons. The van der Waals surface area contributed by atoms with Crippen LogP contribution < -0.4 is 4.74 Å².